The van der Waals surface area contributed by atoms with Crippen LogP contribution in [0, 0.1) is 11.2 Å². The van der Waals surface area contributed by atoms with Crippen LogP contribution in [0.2, 0.25) is 0 Å². The molecule has 0 spiro atoms. The quantitative estimate of drug-likeness (QED) is 0.779. The number of ether oxygens (including phenoxy) is 1. The molecule has 8 heteroatoms. The number of nitrogens with one attached hydrogen (secondary N) is 1. The van der Waals surface area contributed by atoms with E-state index in [1.54, 1.807) is 24.5 Å². The standard InChI is InChI=1S/C19H23FN2O4S/c1-27(24)11-8-21-18(23)19(6-9-25-10-7-19)13-16-12-17(22-26-16)14-2-4-15(20)5-3-14/h2-5,12H,6-11,13H2,1H3,(H,21,23)/t27-/m0/s1. The molecule has 1 aromatic heterocycles. The van der Waals surface area contributed by atoms with Crippen molar-refractivity contribution in [3.05, 3.63) is 41.9 Å². The van der Waals surface area contributed by atoms with Crippen molar-refractivity contribution in [2.75, 3.05) is 31.8 Å². The lowest BCUT2D eigenvalue weighted by molar-refractivity contribution is -0.136. The van der Waals surface area contributed by atoms with Gasteiger partial charge in [-0.25, -0.2) is 4.39 Å². The molecular weight excluding hydrogens is 371 g/mol. The van der Waals surface area contributed by atoms with E-state index >= 15 is 0 Å². The molecule has 0 saturated carbocycles. The maximum absolute atomic E-state index is 13.1. The van der Waals surface area contributed by atoms with Gasteiger partial charge in [-0.15, -0.1) is 0 Å². The van der Waals surface area contributed by atoms with Crippen molar-refractivity contribution in [1.29, 1.82) is 0 Å². The Morgan fingerprint density at radius 2 is 2.00 bits per heavy atom. The van der Waals surface area contributed by atoms with Crippen molar-refractivity contribution in [2.45, 2.75) is 19.3 Å². The van der Waals surface area contributed by atoms with E-state index in [-0.39, 0.29) is 11.7 Å². The minimum Gasteiger partial charge on any atom is -0.381 e. The predicted octanol–water partition coefficient (Wildman–Crippen LogP) is 2.31. The number of nitrogens with zero attached hydrogens (tertiary/aromatic N) is 1. The molecule has 1 atom stereocenters. The number of carbonyl (C=O) groups is 1. The topological polar surface area (TPSA) is 81.4 Å². The number of carbonyl (C=O) groups excluding carboxylic acids is 1. The van der Waals surface area contributed by atoms with Crippen LogP contribution in [0.1, 0.15) is 18.6 Å². The molecule has 146 valence electrons. The van der Waals surface area contributed by atoms with Crippen LogP contribution in [0.15, 0.2) is 34.9 Å². The highest BCUT2D eigenvalue weighted by molar-refractivity contribution is 7.84. The Hall–Kier alpha value is -2.06. The molecule has 1 N–H and O–H groups in total. The molecule has 6 nitrogen and oxygen atoms in total. The third kappa shape index (κ3) is 5.01. The monoisotopic (exact) mass is 394 g/mol. The van der Waals surface area contributed by atoms with Crippen LogP contribution in [0.4, 0.5) is 4.39 Å². The van der Waals surface area contributed by atoms with Crippen LogP contribution >= 0.6 is 0 Å². The summed E-state index contributed by atoms with van der Waals surface area (Å²) in [6.07, 6.45) is 3.19. The molecule has 0 unspecified atom stereocenters. The maximum Gasteiger partial charge on any atom is 0.226 e. The van der Waals surface area contributed by atoms with E-state index in [1.165, 1.54) is 12.1 Å². The maximum atomic E-state index is 13.1. The number of hydrogen-bond donors (Lipinski definition) is 1. The lowest BCUT2D eigenvalue weighted by Crippen LogP contribution is -2.47. The van der Waals surface area contributed by atoms with E-state index in [9.17, 15) is 13.4 Å². The lowest BCUT2D eigenvalue weighted by Gasteiger charge is -2.35. The van der Waals surface area contributed by atoms with Crippen LogP contribution in [0.3, 0.4) is 0 Å². The summed E-state index contributed by atoms with van der Waals surface area (Å²) in [5.74, 6) is 0.643. The molecule has 0 bridgehead atoms. The number of aromatic nitrogens is 1. The van der Waals surface area contributed by atoms with E-state index in [0.717, 1.165) is 5.56 Å². The van der Waals surface area contributed by atoms with Gasteiger partial charge in [-0.3, -0.25) is 9.00 Å². The zero-order chi connectivity index (χ0) is 19.3. The molecule has 1 amide bonds. The van der Waals surface area contributed by atoms with E-state index < -0.39 is 16.2 Å². The van der Waals surface area contributed by atoms with Crippen LogP contribution in [0.5, 0.6) is 0 Å². The highest BCUT2D eigenvalue weighted by Crippen LogP contribution is 2.35. The zero-order valence-corrected chi connectivity index (χ0v) is 16.0. The summed E-state index contributed by atoms with van der Waals surface area (Å²) in [5, 5.41) is 6.96. The van der Waals surface area contributed by atoms with Gasteiger partial charge < -0.3 is 14.6 Å². The van der Waals surface area contributed by atoms with Crippen molar-refractivity contribution >= 4 is 16.7 Å². The summed E-state index contributed by atoms with van der Waals surface area (Å²) >= 11 is 0. The van der Waals surface area contributed by atoms with Gasteiger partial charge in [0.25, 0.3) is 0 Å². The fourth-order valence-corrected chi connectivity index (χ4v) is 3.62. The molecule has 1 aromatic carbocycles. The van der Waals surface area contributed by atoms with E-state index in [4.69, 9.17) is 9.26 Å². The summed E-state index contributed by atoms with van der Waals surface area (Å²) in [7, 11) is -0.953. The summed E-state index contributed by atoms with van der Waals surface area (Å²) in [4.78, 5) is 12.9. The second-order valence-corrected chi connectivity index (χ2v) is 8.34. The Bertz CT molecular complexity index is 800. The minimum absolute atomic E-state index is 0.0732. The molecule has 2 aromatic rings. The van der Waals surface area contributed by atoms with Gasteiger partial charge in [-0.2, -0.15) is 0 Å². The Balaban J connectivity index is 1.73. The van der Waals surface area contributed by atoms with Gasteiger partial charge in [-0.05, 0) is 37.1 Å². The van der Waals surface area contributed by atoms with Crippen LogP contribution in [0.25, 0.3) is 11.3 Å². The van der Waals surface area contributed by atoms with Crippen LogP contribution in [-0.4, -0.2) is 47.0 Å². The second kappa shape index (κ2) is 8.75. The lowest BCUT2D eigenvalue weighted by atomic mass is 9.75. The molecule has 1 fully saturated rings. The fraction of sp³-hybridized carbons (Fsp3) is 0.474. The first-order valence-corrected chi connectivity index (χ1v) is 10.6. The Kier molecular flexibility index (Phi) is 6.38. The average molecular weight is 394 g/mol. The highest BCUT2D eigenvalue weighted by Gasteiger charge is 2.41. The first kappa shape index (κ1) is 19.7. The van der Waals surface area contributed by atoms with Crippen molar-refractivity contribution in [3.63, 3.8) is 0 Å². The summed E-state index contributed by atoms with van der Waals surface area (Å²) < 4.78 is 35.2. The van der Waals surface area contributed by atoms with Gasteiger partial charge >= 0.3 is 0 Å². The number of halogens is 1. The van der Waals surface area contributed by atoms with Crippen molar-refractivity contribution in [2.24, 2.45) is 5.41 Å². The first-order valence-electron chi connectivity index (χ1n) is 8.86. The average Bonchev–Trinajstić information content (AvgIpc) is 3.11. The van der Waals surface area contributed by atoms with Gasteiger partial charge in [-0.1, -0.05) is 5.16 Å². The third-order valence-electron chi connectivity index (χ3n) is 4.82. The minimum atomic E-state index is -0.953. The molecule has 1 aliphatic heterocycles. The number of hydrogen-bond acceptors (Lipinski definition) is 5. The zero-order valence-electron chi connectivity index (χ0n) is 15.2. The first-order chi connectivity index (χ1) is 13.0. The molecular formula is C19H23FN2O4S. The summed E-state index contributed by atoms with van der Waals surface area (Å²) in [5.41, 5.74) is 0.726. The van der Waals surface area contributed by atoms with Gasteiger partial charge in [0, 0.05) is 60.6 Å². The highest BCUT2D eigenvalue weighted by atomic mass is 32.2. The molecule has 27 heavy (non-hydrogen) atoms. The van der Waals surface area contributed by atoms with E-state index in [1.807, 2.05) is 0 Å². The van der Waals surface area contributed by atoms with Gasteiger partial charge in [0.05, 0.1) is 5.41 Å². The largest absolute Gasteiger partial charge is 0.381 e. The van der Waals surface area contributed by atoms with E-state index in [0.29, 0.717) is 56.2 Å². The normalized spacial score (nSPS) is 17.4. The van der Waals surface area contributed by atoms with Crippen molar-refractivity contribution < 1.29 is 22.7 Å². The Labute approximate surface area is 159 Å². The van der Waals surface area contributed by atoms with Crippen molar-refractivity contribution in [1.82, 2.24) is 10.5 Å². The summed E-state index contributed by atoms with van der Waals surface area (Å²) in [6.45, 7) is 1.39. The summed E-state index contributed by atoms with van der Waals surface area (Å²) in [6, 6.07) is 7.81. The molecule has 1 saturated heterocycles. The number of amides is 1. The van der Waals surface area contributed by atoms with E-state index in [2.05, 4.69) is 10.5 Å². The Morgan fingerprint density at radius 1 is 1.30 bits per heavy atom. The number of rotatable bonds is 7. The van der Waals surface area contributed by atoms with Gasteiger partial charge in [0.1, 0.15) is 17.3 Å². The van der Waals surface area contributed by atoms with Crippen molar-refractivity contribution in [3.8, 4) is 11.3 Å². The Morgan fingerprint density at radius 3 is 2.67 bits per heavy atom. The second-order valence-electron chi connectivity index (χ2n) is 6.79. The molecule has 2 heterocycles. The van der Waals surface area contributed by atoms with Gasteiger partial charge in [0.2, 0.25) is 5.91 Å². The SMILES string of the molecule is C[S@](=O)CCNC(=O)C1(Cc2cc(-c3ccc(F)cc3)no2)CCOCC1. The molecule has 0 aliphatic carbocycles. The van der Waals surface area contributed by atoms with Crippen LogP contribution in [-0.2, 0) is 26.8 Å². The smallest absolute Gasteiger partial charge is 0.226 e. The molecule has 1 aliphatic rings. The van der Waals surface area contributed by atoms with Crippen LogP contribution < -0.4 is 5.32 Å². The molecule has 0 radical (unpaired) electrons. The number of benzene rings is 1. The predicted molar refractivity (Wildman–Crippen MR) is 100 cm³/mol. The fourth-order valence-electron chi connectivity index (χ4n) is 3.23. The molecule has 3 rings (SSSR count). The third-order valence-corrected chi connectivity index (χ3v) is 5.60. The van der Waals surface area contributed by atoms with Gasteiger partial charge in [0.15, 0.2) is 0 Å².